The fraction of sp³-hybridized carbons (Fsp3) is 0.667. The van der Waals surface area contributed by atoms with Crippen LogP contribution >= 0.6 is 15.9 Å². The zero-order valence-corrected chi connectivity index (χ0v) is 13.4. The molecule has 0 saturated carbocycles. The second-order valence-corrected chi connectivity index (χ2v) is 6.59. The van der Waals surface area contributed by atoms with E-state index in [9.17, 15) is 13.2 Å². The van der Waals surface area contributed by atoms with Crippen LogP contribution in [0.2, 0.25) is 0 Å². The maximum absolute atomic E-state index is 12.5. The van der Waals surface area contributed by atoms with Crippen molar-refractivity contribution in [3.63, 3.8) is 0 Å². The van der Waals surface area contributed by atoms with E-state index < -0.39 is 22.0 Å². The van der Waals surface area contributed by atoms with Gasteiger partial charge in [-0.1, -0.05) is 5.21 Å². The maximum Gasteiger partial charge on any atom is 0.321 e. The maximum atomic E-state index is 12.5. The summed E-state index contributed by atoms with van der Waals surface area (Å²) in [5.74, 6) is -0.636. The Labute approximate surface area is 119 Å². The topological polar surface area (TPSA) is 94.4 Å². The van der Waals surface area contributed by atoms with Crippen LogP contribution in [0.1, 0.15) is 13.8 Å². The normalized spacial score (nSPS) is 12.2. The number of aryl methyl sites for hydroxylation is 1. The van der Waals surface area contributed by atoms with Gasteiger partial charge in [-0.3, -0.25) is 4.79 Å². The first kappa shape index (κ1) is 16.1. The van der Waals surface area contributed by atoms with Crippen molar-refractivity contribution in [2.24, 2.45) is 7.05 Å². The molecular weight excluding hydrogens is 340 g/mol. The minimum absolute atomic E-state index is 0.102. The number of esters is 1. The zero-order chi connectivity index (χ0) is 14.8. The molecule has 0 saturated heterocycles. The SMILES string of the molecule is COC(=O)CN(C(C)C)S(=O)(=O)c1c(Br)nnn1C. The molecule has 0 aliphatic rings. The molecule has 8 nitrogen and oxygen atoms in total. The molecule has 0 spiro atoms. The Morgan fingerprint density at radius 3 is 2.47 bits per heavy atom. The van der Waals surface area contributed by atoms with Gasteiger partial charge in [0.1, 0.15) is 6.54 Å². The van der Waals surface area contributed by atoms with E-state index in [1.165, 1.54) is 14.2 Å². The van der Waals surface area contributed by atoms with E-state index in [0.29, 0.717) is 0 Å². The second-order valence-electron chi connectivity index (χ2n) is 4.03. The van der Waals surface area contributed by atoms with Crippen molar-refractivity contribution in [2.75, 3.05) is 13.7 Å². The first-order chi connectivity index (χ1) is 8.71. The molecule has 0 bridgehead atoms. The van der Waals surface area contributed by atoms with E-state index in [4.69, 9.17) is 0 Å². The molecule has 1 aromatic rings. The predicted octanol–water partition coefficient (Wildman–Crippen LogP) is 0.150. The van der Waals surface area contributed by atoms with Crippen LogP contribution in [0.4, 0.5) is 0 Å². The molecule has 1 heterocycles. The molecule has 0 radical (unpaired) electrons. The Morgan fingerprint density at radius 1 is 1.53 bits per heavy atom. The van der Waals surface area contributed by atoms with Gasteiger partial charge < -0.3 is 4.74 Å². The quantitative estimate of drug-likeness (QED) is 0.698. The summed E-state index contributed by atoms with van der Waals surface area (Å²) in [6.45, 7) is 2.96. The minimum Gasteiger partial charge on any atom is -0.468 e. The van der Waals surface area contributed by atoms with Crippen molar-refractivity contribution in [2.45, 2.75) is 24.9 Å². The number of carbonyl (C=O) groups excluding carboxylic acids is 1. The number of aromatic nitrogens is 3. The minimum atomic E-state index is -3.90. The van der Waals surface area contributed by atoms with E-state index in [0.717, 1.165) is 8.99 Å². The number of rotatable bonds is 5. The van der Waals surface area contributed by atoms with E-state index in [2.05, 4.69) is 31.0 Å². The van der Waals surface area contributed by atoms with Gasteiger partial charge >= 0.3 is 5.97 Å². The highest BCUT2D eigenvalue weighted by Gasteiger charge is 2.34. The first-order valence-corrected chi connectivity index (χ1v) is 7.59. The van der Waals surface area contributed by atoms with Crippen LogP contribution in [-0.2, 0) is 26.6 Å². The highest BCUT2D eigenvalue weighted by Crippen LogP contribution is 2.23. The molecule has 0 aromatic carbocycles. The number of hydrogen-bond acceptors (Lipinski definition) is 6. The third-order valence-corrected chi connectivity index (χ3v) is 5.29. The van der Waals surface area contributed by atoms with Crippen LogP contribution in [0.15, 0.2) is 9.63 Å². The lowest BCUT2D eigenvalue weighted by Crippen LogP contribution is -2.41. The van der Waals surface area contributed by atoms with Gasteiger partial charge in [0.2, 0.25) is 5.03 Å². The Morgan fingerprint density at radius 2 is 2.11 bits per heavy atom. The van der Waals surface area contributed by atoms with E-state index in [-0.39, 0.29) is 16.2 Å². The zero-order valence-electron chi connectivity index (χ0n) is 11.0. The lowest BCUT2D eigenvalue weighted by Gasteiger charge is -2.24. The number of nitrogens with zero attached hydrogens (tertiary/aromatic N) is 4. The van der Waals surface area contributed by atoms with Gasteiger partial charge in [0.15, 0.2) is 4.60 Å². The van der Waals surface area contributed by atoms with Gasteiger partial charge in [0.25, 0.3) is 10.0 Å². The van der Waals surface area contributed by atoms with Gasteiger partial charge in [-0.05, 0) is 29.8 Å². The Bertz CT molecular complexity index is 549. The predicted molar refractivity (Wildman–Crippen MR) is 69.7 cm³/mol. The van der Waals surface area contributed by atoms with Crippen LogP contribution in [-0.4, -0.2) is 53.4 Å². The number of methoxy groups -OCH3 is 1. The van der Waals surface area contributed by atoms with Gasteiger partial charge in [-0.2, -0.15) is 4.31 Å². The van der Waals surface area contributed by atoms with E-state index >= 15 is 0 Å². The molecule has 0 amide bonds. The summed E-state index contributed by atoms with van der Waals surface area (Å²) < 4.78 is 31.8. The number of ether oxygens (including phenoxy) is 1. The Balaban J connectivity index is 3.25. The third-order valence-electron chi connectivity index (χ3n) is 2.38. The lowest BCUT2D eigenvalue weighted by molar-refractivity contribution is -0.141. The standard InChI is InChI=1S/C9H15BrN4O4S/c1-6(2)14(5-7(15)18-4)19(16,17)9-8(10)11-12-13(9)3/h6H,5H2,1-4H3. The molecule has 1 aromatic heterocycles. The van der Waals surface area contributed by atoms with Crippen LogP contribution in [0.25, 0.3) is 0 Å². The van der Waals surface area contributed by atoms with Gasteiger partial charge in [-0.25, -0.2) is 13.1 Å². The molecule has 19 heavy (non-hydrogen) atoms. The molecule has 1 rings (SSSR count). The molecule has 10 heteroatoms. The number of halogens is 1. The van der Waals surface area contributed by atoms with Gasteiger partial charge in [0.05, 0.1) is 7.11 Å². The molecule has 0 aliphatic carbocycles. The fourth-order valence-electron chi connectivity index (χ4n) is 1.44. The van der Waals surface area contributed by atoms with Crippen molar-refractivity contribution < 1.29 is 17.9 Å². The number of carbonyl (C=O) groups is 1. The molecule has 0 fully saturated rings. The van der Waals surface area contributed by atoms with E-state index in [1.807, 2.05) is 0 Å². The average molecular weight is 355 g/mol. The van der Waals surface area contributed by atoms with Gasteiger partial charge in [0, 0.05) is 13.1 Å². The van der Waals surface area contributed by atoms with Gasteiger partial charge in [-0.15, -0.1) is 5.10 Å². The fourth-order valence-corrected chi connectivity index (χ4v) is 4.06. The second kappa shape index (κ2) is 5.97. The summed E-state index contributed by atoms with van der Waals surface area (Å²) in [7, 11) is -1.24. The Hall–Kier alpha value is -1.00. The van der Waals surface area contributed by atoms with Crippen LogP contribution in [0, 0.1) is 0 Å². The summed E-state index contributed by atoms with van der Waals surface area (Å²) in [5.41, 5.74) is 0. The summed E-state index contributed by atoms with van der Waals surface area (Å²) >= 11 is 3.04. The summed E-state index contributed by atoms with van der Waals surface area (Å²) in [6.07, 6.45) is 0. The molecule has 0 unspecified atom stereocenters. The van der Waals surface area contributed by atoms with Crippen LogP contribution in [0.3, 0.4) is 0 Å². The largest absolute Gasteiger partial charge is 0.468 e. The monoisotopic (exact) mass is 354 g/mol. The third kappa shape index (κ3) is 3.31. The summed E-state index contributed by atoms with van der Waals surface area (Å²) in [5, 5.41) is 7.15. The Kier molecular flexibility index (Phi) is 5.04. The summed E-state index contributed by atoms with van der Waals surface area (Å²) in [4.78, 5) is 11.3. The van der Waals surface area contributed by atoms with Crippen LogP contribution in [0.5, 0.6) is 0 Å². The van der Waals surface area contributed by atoms with E-state index in [1.54, 1.807) is 13.8 Å². The molecule has 0 aliphatic heterocycles. The van der Waals surface area contributed by atoms with Crippen molar-refractivity contribution in [1.29, 1.82) is 0 Å². The average Bonchev–Trinajstić information content (AvgIpc) is 2.65. The highest BCUT2D eigenvalue weighted by atomic mass is 79.9. The number of sulfonamides is 1. The van der Waals surface area contributed by atoms with Crippen LogP contribution < -0.4 is 0 Å². The first-order valence-electron chi connectivity index (χ1n) is 5.35. The van der Waals surface area contributed by atoms with Crippen molar-refractivity contribution in [3.8, 4) is 0 Å². The molecular formula is C9H15BrN4O4S. The van der Waals surface area contributed by atoms with Crippen molar-refractivity contribution in [1.82, 2.24) is 19.3 Å². The lowest BCUT2D eigenvalue weighted by atomic mass is 10.4. The summed E-state index contributed by atoms with van der Waals surface area (Å²) in [6, 6.07) is -0.411. The van der Waals surface area contributed by atoms with Crippen molar-refractivity contribution >= 4 is 31.9 Å². The molecule has 0 N–H and O–H groups in total. The molecule has 108 valence electrons. The molecule has 0 atom stereocenters. The number of hydrogen-bond donors (Lipinski definition) is 0. The van der Waals surface area contributed by atoms with Crippen molar-refractivity contribution in [3.05, 3.63) is 4.60 Å². The highest BCUT2D eigenvalue weighted by molar-refractivity contribution is 9.10. The smallest absolute Gasteiger partial charge is 0.321 e.